The Morgan fingerprint density at radius 3 is 2.59 bits per heavy atom. The van der Waals surface area contributed by atoms with Gasteiger partial charge in [-0.15, -0.1) is 0 Å². The van der Waals surface area contributed by atoms with E-state index in [2.05, 4.69) is 16.2 Å². The van der Waals surface area contributed by atoms with Crippen LogP contribution in [-0.2, 0) is 6.54 Å². The molecule has 0 spiro atoms. The number of methoxy groups -OCH3 is 1. The molecule has 0 amide bonds. The molecule has 3 rings (SSSR count). The standard InChI is InChI=1S/C20H21N5O2/c1-5-25-12(3)19(11(2)24-25)17-9-14(16(10-21)20(22)23-17)15-8-13(26)6-7-18(15)27-4/h6-9,26H,5H2,1-4H3,(H2,22,23). The number of nitrogens with zero attached hydrogens (tertiary/aromatic N) is 4. The number of anilines is 1. The third kappa shape index (κ3) is 3.06. The number of phenolic OH excluding ortho intramolecular Hbond substituents is 1. The first-order valence-electron chi connectivity index (χ1n) is 8.53. The second-order valence-corrected chi connectivity index (χ2v) is 6.17. The van der Waals surface area contributed by atoms with Crippen molar-refractivity contribution in [2.24, 2.45) is 0 Å². The molecule has 7 nitrogen and oxygen atoms in total. The number of nitrogen functional groups attached to an aromatic ring is 1. The fourth-order valence-corrected chi connectivity index (χ4v) is 3.30. The van der Waals surface area contributed by atoms with Crippen LogP contribution in [0.15, 0.2) is 24.3 Å². The highest BCUT2D eigenvalue weighted by molar-refractivity contribution is 5.84. The average molecular weight is 363 g/mol. The summed E-state index contributed by atoms with van der Waals surface area (Å²) in [7, 11) is 1.53. The Bertz CT molecular complexity index is 1060. The van der Waals surface area contributed by atoms with Crippen molar-refractivity contribution in [3.63, 3.8) is 0 Å². The molecule has 0 fully saturated rings. The Morgan fingerprint density at radius 1 is 1.26 bits per heavy atom. The van der Waals surface area contributed by atoms with Gasteiger partial charge in [-0.25, -0.2) is 4.98 Å². The second-order valence-electron chi connectivity index (χ2n) is 6.17. The lowest BCUT2D eigenvalue weighted by Gasteiger charge is -2.14. The zero-order chi connectivity index (χ0) is 19.7. The predicted octanol–water partition coefficient (Wildman–Crippen LogP) is 3.42. The van der Waals surface area contributed by atoms with E-state index in [9.17, 15) is 10.4 Å². The minimum atomic E-state index is 0.0674. The van der Waals surface area contributed by atoms with Crippen molar-refractivity contribution in [3.05, 3.63) is 41.2 Å². The van der Waals surface area contributed by atoms with Crippen molar-refractivity contribution < 1.29 is 9.84 Å². The van der Waals surface area contributed by atoms with Crippen LogP contribution >= 0.6 is 0 Å². The van der Waals surface area contributed by atoms with Gasteiger partial charge < -0.3 is 15.6 Å². The predicted molar refractivity (Wildman–Crippen MR) is 103 cm³/mol. The van der Waals surface area contributed by atoms with E-state index in [0.29, 0.717) is 22.6 Å². The Kier molecular flexibility index (Phi) is 4.74. The highest BCUT2D eigenvalue weighted by Crippen LogP contribution is 2.39. The van der Waals surface area contributed by atoms with E-state index in [4.69, 9.17) is 10.5 Å². The lowest BCUT2D eigenvalue weighted by molar-refractivity contribution is 0.414. The smallest absolute Gasteiger partial charge is 0.142 e. The van der Waals surface area contributed by atoms with Crippen LogP contribution in [0.1, 0.15) is 23.9 Å². The summed E-state index contributed by atoms with van der Waals surface area (Å²) in [6, 6.07) is 8.63. The van der Waals surface area contributed by atoms with Crippen molar-refractivity contribution in [3.8, 4) is 40.0 Å². The molecule has 0 saturated carbocycles. The number of ether oxygens (including phenoxy) is 1. The summed E-state index contributed by atoms with van der Waals surface area (Å²) in [5, 5.41) is 24.1. The number of hydrogen-bond donors (Lipinski definition) is 2. The van der Waals surface area contributed by atoms with Gasteiger partial charge in [0.15, 0.2) is 0 Å². The number of nitrogens with two attached hydrogens (primary N) is 1. The molecule has 3 aromatic rings. The minimum Gasteiger partial charge on any atom is -0.508 e. The summed E-state index contributed by atoms with van der Waals surface area (Å²) < 4.78 is 7.31. The van der Waals surface area contributed by atoms with Crippen molar-refractivity contribution in [2.75, 3.05) is 12.8 Å². The topological polar surface area (TPSA) is 110 Å². The molecule has 2 aromatic heterocycles. The molecule has 0 aliphatic carbocycles. The fraction of sp³-hybridized carbons (Fsp3) is 0.250. The first kappa shape index (κ1) is 18.3. The molecule has 0 radical (unpaired) electrons. The van der Waals surface area contributed by atoms with Gasteiger partial charge in [-0.1, -0.05) is 0 Å². The molecular formula is C20H21N5O2. The molecule has 0 aliphatic rings. The zero-order valence-electron chi connectivity index (χ0n) is 15.7. The summed E-state index contributed by atoms with van der Waals surface area (Å²) in [4.78, 5) is 4.45. The van der Waals surface area contributed by atoms with Crippen LogP contribution in [0, 0.1) is 25.2 Å². The fourth-order valence-electron chi connectivity index (χ4n) is 3.30. The molecule has 0 saturated heterocycles. The Labute approximate surface area is 157 Å². The van der Waals surface area contributed by atoms with Gasteiger partial charge in [0.2, 0.25) is 0 Å². The van der Waals surface area contributed by atoms with Gasteiger partial charge in [-0.2, -0.15) is 10.4 Å². The molecule has 1 aromatic carbocycles. The normalized spacial score (nSPS) is 10.6. The second kappa shape index (κ2) is 7.00. The van der Waals surface area contributed by atoms with Crippen LogP contribution in [0.2, 0.25) is 0 Å². The van der Waals surface area contributed by atoms with Gasteiger partial charge in [0.1, 0.15) is 28.9 Å². The molecular weight excluding hydrogens is 342 g/mol. The van der Waals surface area contributed by atoms with Crippen LogP contribution in [0.5, 0.6) is 11.5 Å². The number of aryl methyl sites for hydroxylation is 2. The summed E-state index contributed by atoms with van der Waals surface area (Å²) >= 11 is 0. The number of aromatic nitrogens is 3. The molecule has 3 N–H and O–H groups in total. The third-order valence-corrected chi connectivity index (χ3v) is 4.57. The number of pyridine rings is 1. The Morgan fingerprint density at radius 2 is 2.00 bits per heavy atom. The van der Waals surface area contributed by atoms with E-state index < -0.39 is 0 Å². The van der Waals surface area contributed by atoms with Crippen molar-refractivity contribution in [1.82, 2.24) is 14.8 Å². The number of phenols is 1. The van der Waals surface area contributed by atoms with E-state index in [1.807, 2.05) is 25.5 Å². The number of hydrogen-bond acceptors (Lipinski definition) is 6. The molecule has 27 heavy (non-hydrogen) atoms. The summed E-state index contributed by atoms with van der Waals surface area (Å²) in [6.07, 6.45) is 0. The maximum atomic E-state index is 9.94. The summed E-state index contributed by atoms with van der Waals surface area (Å²) in [5.41, 5.74) is 10.8. The molecule has 0 unspecified atom stereocenters. The van der Waals surface area contributed by atoms with E-state index in [1.54, 1.807) is 18.2 Å². The summed E-state index contributed by atoms with van der Waals surface area (Å²) in [6.45, 7) is 6.65. The van der Waals surface area contributed by atoms with Gasteiger partial charge in [-0.3, -0.25) is 4.68 Å². The first-order chi connectivity index (χ1) is 12.9. The van der Waals surface area contributed by atoms with Crippen molar-refractivity contribution >= 4 is 5.82 Å². The molecule has 0 bridgehead atoms. The first-order valence-corrected chi connectivity index (χ1v) is 8.53. The zero-order valence-corrected chi connectivity index (χ0v) is 15.7. The lowest BCUT2D eigenvalue weighted by Crippen LogP contribution is -2.02. The number of rotatable bonds is 4. The largest absolute Gasteiger partial charge is 0.508 e. The van der Waals surface area contributed by atoms with Crippen LogP contribution in [0.3, 0.4) is 0 Å². The van der Waals surface area contributed by atoms with Gasteiger partial charge in [-0.05, 0) is 45.0 Å². The highest BCUT2D eigenvalue weighted by atomic mass is 16.5. The number of nitriles is 1. The van der Waals surface area contributed by atoms with Crippen molar-refractivity contribution in [1.29, 1.82) is 5.26 Å². The average Bonchev–Trinajstić information content (AvgIpc) is 2.94. The van der Waals surface area contributed by atoms with Gasteiger partial charge in [0.25, 0.3) is 0 Å². The third-order valence-electron chi connectivity index (χ3n) is 4.57. The monoisotopic (exact) mass is 363 g/mol. The van der Waals surface area contributed by atoms with Crippen LogP contribution < -0.4 is 10.5 Å². The van der Waals surface area contributed by atoms with Crippen LogP contribution in [-0.4, -0.2) is 27.0 Å². The van der Waals surface area contributed by atoms with Gasteiger partial charge in [0, 0.05) is 28.9 Å². The van der Waals surface area contributed by atoms with E-state index in [0.717, 1.165) is 23.5 Å². The molecule has 138 valence electrons. The van der Waals surface area contributed by atoms with E-state index in [-0.39, 0.29) is 17.1 Å². The number of benzene rings is 1. The van der Waals surface area contributed by atoms with E-state index >= 15 is 0 Å². The molecule has 0 atom stereocenters. The SMILES string of the molecule is CCn1nc(C)c(-c2cc(-c3cc(O)ccc3OC)c(C#N)c(N)n2)c1C. The Hall–Kier alpha value is -3.53. The maximum absolute atomic E-state index is 9.94. The van der Waals surface area contributed by atoms with E-state index in [1.165, 1.54) is 13.2 Å². The quantitative estimate of drug-likeness (QED) is 0.735. The number of aromatic hydroxyl groups is 1. The molecule has 0 aliphatic heterocycles. The van der Waals surface area contributed by atoms with Crippen LogP contribution in [0.4, 0.5) is 5.82 Å². The lowest BCUT2D eigenvalue weighted by atomic mass is 9.97. The van der Waals surface area contributed by atoms with Gasteiger partial charge in [0.05, 0.1) is 18.5 Å². The minimum absolute atomic E-state index is 0.0674. The molecule has 7 heteroatoms. The highest BCUT2D eigenvalue weighted by Gasteiger charge is 2.20. The summed E-state index contributed by atoms with van der Waals surface area (Å²) in [5.74, 6) is 0.717. The Balaban J connectivity index is 2.33. The van der Waals surface area contributed by atoms with Crippen LogP contribution in [0.25, 0.3) is 22.4 Å². The van der Waals surface area contributed by atoms with Gasteiger partial charge >= 0.3 is 0 Å². The maximum Gasteiger partial charge on any atom is 0.142 e. The van der Waals surface area contributed by atoms with Crippen molar-refractivity contribution in [2.45, 2.75) is 27.3 Å². The molecule has 2 heterocycles.